The van der Waals surface area contributed by atoms with Crippen molar-refractivity contribution < 1.29 is 4.84 Å². The van der Waals surface area contributed by atoms with E-state index >= 15 is 0 Å². The first-order valence-corrected chi connectivity index (χ1v) is 2.15. The van der Waals surface area contributed by atoms with E-state index in [1.807, 2.05) is 0 Å². The Morgan fingerprint density at radius 2 is 2.38 bits per heavy atom. The topological polar surface area (TPSA) is 64.5 Å². The van der Waals surface area contributed by atoms with Gasteiger partial charge in [-0.15, -0.1) is 5.17 Å². The summed E-state index contributed by atoms with van der Waals surface area (Å²) in [6, 6.07) is 0. The van der Waals surface area contributed by atoms with Crippen molar-refractivity contribution in [2.75, 3.05) is 0 Å². The van der Waals surface area contributed by atoms with Gasteiger partial charge in [0.15, 0.2) is 0 Å². The lowest BCUT2D eigenvalue weighted by Crippen LogP contribution is -2.28. The highest BCUT2D eigenvalue weighted by Gasteiger charge is 1.96. The van der Waals surface area contributed by atoms with Crippen LogP contribution < -0.4 is 11.6 Å². The molecular weight excluding hydrogens is 106 g/mol. The van der Waals surface area contributed by atoms with Gasteiger partial charge in [0.1, 0.15) is 0 Å². The average molecular weight is 113 g/mol. The van der Waals surface area contributed by atoms with Gasteiger partial charge >= 0.3 is 0 Å². The van der Waals surface area contributed by atoms with E-state index in [-0.39, 0.29) is 0 Å². The number of hydrogen-bond donors (Lipinski definition) is 2. The molecule has 0 saturated heterocycles. The van der Waals surface area contributed by atoms with Crippen LogP contribution in [0.3, 0.4) is 0 Å². The van der Waals surface area contributed by atoms with Gasteiger partial charge in [0.2, 0.25) is 5.88 Å². The van der Waals surface area contributed by atoms with Crippen molar-refractivity contribution in [2.24, 2.45) is 11.6 Å². The summed E-state index contributed by atoms with van der Waals surface area (Å²) in [6.07, 6.45) is 4.86. The third-order valence-electron chi connectivity index (χ3n) is 0.704. The van der Waals surface area contributed by atoms with Crippen LogP contribution in [0.25, 0.3) is 0 Å². The predicted molar refractivity (Wildman–Crippen MR) is 28.5 cm³/mol. The molecule has 0 aromatic rings. The lowest BCUT2D eigenvalue weighted by Gasteiger charge is -2.15. The zero-order chi connectivity index (χ0) is 5.98. The van der Waals surface area contributed by atoms with Crippen molar-refractivity contribution in [3.05, 3.63) is 24.2 Å². The van der Waals surface area contributed by atoms with E-state index in [1.165, 1.54) is 0 Å². The first kappa shape index (κ1) is 4.99. The molecule has 4 heteroatoms. The van der Waals surface area contributed by atoms with Crippen LogP contribution in [0.15, 0.2) is 24.2 Å². The van der Waals surface area contributed by atoms with E-state index in [9.17, 15) is 0 Å². The lowest BCUT2D eigenvalue weighted by atomic mass is 10.5. The second-order valence-electron chi connectivity index (χ2n) is 1.36. The molecule has 0 aromatic carbocycles. The Morgan fingerprint density at radius 3 is 2.75 bits per heavy atom. The molecule has 1 rings (SSSR count). The van der Waals surface area contributed by atoms with Gasteiger partial charge in [-0.1, -0.05) is 0 Å². The summed E-state index contributed by atoms with van der Waals surface area (Å²) in [6.45, 7) is 0. The Hall–Kier alpha value is -1.16. The number of nitrogens with zero attached hydrogens (tertiary/aromatic N) is 1. The van der Waals surface area contributed by atoms with Crippen LogP contribution in [-0.4, -0.2) is 5.17 Å². The minimum Gasteiger partial charge on any atom is -0.368 e. The van der Waals surface area contributed by atoms with Gasteiger partial charge in [0.05, 0.1) is 6.20 Å². The normalized spacial score (nSPS) is 17.6. The van der Waals surface area contributed by atoms with Crippen LogP contribution in [0.2, 0.25) is 0 Å². The molecule has 0 aliphatic carbocycles. The molecule has 0 aromatic heterocycles. The molecule has 0 saturated carbocycles. The van der Waals surface area contributed by atoms with E-state index in [4.69, 9.17) is 11.6 Å². The van der Waals surface area contributed by atoms with Crippen molar-refractivity contribution in [3.63, 3.8) is 0 Å². The van der Waals surface area contributed by atoms with Crippen LogP contribution in [0.1, 0.15) is 0 Å². The number of allylic oxidation sites excluding steroid dienone is 2. The first-order chi connectivity index (χ1) is 3.79. The minimum atomic E-state index is 0.301. The van der Waals surface area contributed by atoms with Crippen molar-refractivity contribution >= 4 is 0 Å². The fraction of sp³-hybridized carbons (Fsp3) is 0. The van der Waals surface area contributed by atoms with Gasteiger partial charge in [-0.05, 0) is 6.08 Å². The SMILES string of the molecule is NC1=CC=CN(N)O1. The largest absolute Gasteiger partial charge is 0.368 e. The van der Waals surface area contributed by atoms with E-state index in [2.05, 4.69) is 4.84 Å². The highest BCUT2D eigenvalue weighted by Crippen LogP contribution is 1.97. The Bertz CT molecular complexity index is 140. The Labute approximate surface area is 46.9 Å². The third-order valence-corrected chi connectivity index (χ3v) is 0.704. The molecule has 8 heavy (non-hydrogen) atoms. The monoisotopic (exact) mass is 113 g/mol. The summed E-state index contributed by atoms with van der Waals surface area (Å²) in [4.78, 5) is 4.65. The summed E-state index contributed by atoms with van der Waals surface area (Å²) in [5.74, 6) is 5.43. The zero-order valence-corrected chi connectivity index (χ0v) is 4.24. The third kappa shape index (κ3) is 0.913. The predicted octanol–water partition coefficient (Wildman–Crippen LogP) is -0.579. The molecule has 4 N–H and O–H groups in total. The molecule has 0 unspecified atom stereocenters. The molecule has 1 heterocycles. The molecule has 0 bridgehead atoms. The van der Waals surface area contributed by atoms with Crippen LogP contribution >= 0.6 is 0 Å². The summed E-state index contributed by atoms with van der Waals surface area (Å²) >= 11 is 0. The van der Waals surface area contributed by atoms with E-state index in [0.717, 1.165) is 5.17 Å². The van der Waals surface area contributed by atoms with E-state index < -0.39 is 0 Å². The maximum atomic E-state index is 5.19. The summed E-state index contributed by atoms with van der Waals surface area (Å²) in [5, 5.41) is 1.04. The number of hydrogen-bond acceptors (Lipinski definition) is 4. The molecule has 0 amide bonds. The highest BCUT2D eigenvalue weighted by atomic mass is 16.7. The van der Waals surface area contributed by atoms with Gasteiger partial charge in [-0.2, -0.15) is 0 Å². The highest BCUT2D eigenvalue weighted by molar-refractivity contribution is 5.06. The maximum absolute atomic E-state index is 5.19. The average Bonchev–Trinajstić information content (AvgIpc) is 1.64. The van der Waals surface area contributed by atoms with Crippen LogP contribution in [0.4, 0.5) is 0 Å². The van der Waals surface area contributed by atoms with Crippen LogP contribution in [0, 0.1) is 0 Å². The van der Waals surface area contributed by atoms with Gasteiger partial charge in [-0.3, -0.25) is 0 Å². The summed E-state index contributed by atoms with van der Waals surface area (Å²) in [7, 11) is 0. The first-order valence-electron chi connectivity index (χ1n) is 2.15. The van der Waals surface area contributed by atoms with Crippen LogP contribution in [0.5, 0.6) is 0 Å². The second kappa shape index (κ2) is 1.75. The van der Waals surface area contributed by atoms with E-state index in [0.29, 0.717) is 5.88 Å². The van der Waals surface area contributed by atoms with Crippen LogP contribution in [-0.2, 0) is 4.84 Å². The number of rotatable bonds is 0. The van der Waals surface area contributed by atoms with Crippen molar-refractivity contribution in [3.8, 4) is 0 Å². The molecule has 0 atom stereocenters. The van der Waals surface area contributed by atoms with E-state index in [1.54, 1.807) is 18.4 Å². The zero-order valence-electron chi connectivity index (χ0n) is 4.24. The fourth-order valence-electron chi connectivity index (χ4n) is 0.405. The molecular formula is C4H7N3O. The van der Waals surface area contributed by atoms with Gasteiger partial charge in [-0.25, -0.2) is 5.84 Å². The number of nitrogens with two attached hydrogens (primary N) is 2. The Morgan fingerprint density at radius 1 is 1.62 bits per heavy atom. The van der Waals surface area contributed by atoms with Gasteiger partial charge in [0, 0.05) is 6.08 Å². The molecule has 1 aliphatic heterocycles. The van der Waals surface area contributed by atoms with Crippen molar-refractivity contribution in [2.45, 2.75) is 0 Å². The second-order valence-corrected chi connectivity index (χ2v) is 1.36. The molecule has 1 aliphatic rings. The fourth-order valence-corrected chi connectivity index (χ4v) is 0.405. The molecule has 4 nitrogen and oxygen atoms in total. The molecule has 0 fully saturated rings. The van der Waals surface area contributed by atoms with Crippen molar-refractivity contribution in [1.82, 2.24) is 5.17 Å². The summed E-state index contributed by atoms with van der Waals surface area (Å²) in [5.41, 5.74) is 5.19. The molecule has 44 valence electrons. The van der Waals surface area contributed by atoms with Gasteiger partial charge < -0.3 is 10.6 Å². The number of hydroxylamine groups is 1. The Kier molecular flexibility index (Phi) is 1.09. The minimum absolute atomic E-state index is 0.301. The smallest absolute Gasteiger partial charge is 0.219 e. The summed E-state index contributed by atoms with van der Waals surface area (Å²) < 4.78 is 0. The maximum Gasteiger partial charge on any atom is 0.219 e. The standard InChI is InChI=1S/C4H7N3O/c5-4-2-1-3-7(6)8-4/h1-3H,5-6H2. The lowest BCUT2D eigenvalue weighted by molar-refractivity contribution is -0.0819. The Balaban J connectivity index is 2.59. The van der Waals surface area contributed by atoms with Crippen molar-refractivity contribution in [1.29, 1.82) is 0 Å². The molecule has 0 spiro atoms. The molecule has 0 radical (unpaired) electrons. The van der Waals surface area contributed by atoms with Gasteiger partial charge in [0.25, 0.3) is 0 Å². The quantitative estimate of drug-likeness (QED) is 0.412. The number of hydrazine groups is 1.